The molecule has 1 fully saturated rings. The minimum Gasteiger partial charge on any atom is -0.444 e. The van der Waals surface area contributed by atoms with Crippen LogP contribution in [0.15, 0.2) is 42.5 Å². The average Bonchev–Trinajstić information content (AvgIpc) is 2.85. The van der Waals surface area contributed by atoms with Crippen molar-refractivity contribution in [1.29, 1.82) is 0 Å². The summed E-state index contributed by atoms with van der Waals surface area (Å²) in [6.07, 6.45) is -10.3. The van der Waals surface area contributed by atoms with E-state index in [1.807, 2.05) is 31.2 Å². The summed E-state index contributed by atoms with van der Waals surface area (Å²) in [5.41, 5.74) is -2.16. The van der Waals surface area contributed by atoms with Gasteiger partial charge in [0.05, 0.1) is 17.2 Å². The van der Waals surface area contributed by atoms with Gasteiger partial charge in [-0.3, -0.25) is 4.79 Å². The molecule has 5 nitrogen and oxygen atoms in total. The number of benzene rings is 2. The van der Waals surface area contributed by atoms with Gasteiger partial charge in [0.25, 0.3) is 0 Å². The molecule has 0 bridgehead atoms. The summed E-state index contributed by atoms with van der Waals surface area (Å²) in [4.78, 5) is 29.4. The molecular weight excluding hydrogens is 538 g/mol. The molecule has 0 spiro atoms. The number of likely N-dealkylation sites (tertiary alicyclic amines) is 1. The molecule has 2 aromatic carbocycles. The van der Waals surface area contributed by atoms with Gasteiger partial charge >= 0.3 is 18.4 Å². The van der Waals surface area contributed by atoms with E-state index in [1.165, 1.54) is 23.8 Å². The molecule has 2 amide bonds. The van der Waals surface area contributed by atoms with Gasteiger partial charge in [0, 0.05) is 32.0 Å². The molecule has 1 saturated heterocycles. The van der Waals surface area contributed by atoms with Gasteiger partial charge < -0.3 is 14.5 Å². The second kappa shape index (κ2) is 11.3. The van der Waals surface area contributed by atoms with Crippen LogP contribution in [0.4, 0.5) is 31.1 Å². The van der Waals surface area contributed by atoms with Crippen LogP contribution in [0.5, 0.6) is 0 Å². The molecule has 0 aliphatic carbocycles. The number of halogens is 6. The van der Waals surface area contributed by atoms with Crippen molar-refractivity contribution in [2.24, 2.45) is 5.92 Å². The number of carbonyl (C=O) groups is 2. The first-order valence-corrected chi connectivity index (χ1v) is 12.9. The summed E-state index contributed by atoms with van der Waals surface area (Å²) >= 11 is 0. The highest BCUT2D eigenvalue weighted by Gasteiger charge is 2.41. The first-order valence-electron chi connectivity index (χ1n) is 12.9. The summed E-state index contributed by atoms with van der Waals surface area (Å²) in [5, 5.41) is 0. The van der Waals surface area contributed by atoms with E-state index in [-0.39, 0.29) is 31.1 Å². The highest BCUT2D eigenvalue weighted by molar-refractivity contribution is 5.81. The highest BCUT2D eigenvalue weighted by Crippen LogP contribution is 2.40. The van der Waals surface area contributed by atoms with E-state index in [0.29, 0.717) is 12.1 Å². The zero-order valence-corrected chi connectivity index (χ0v) is 23.3. The molecule has 11 heteroatoms. The number of piperidine rings is 1. The fourth-order valence-electron chi connectivity index (χ4n) is 4.95. The number of amides is 2. The van der Waals surface area contributed by atoms with Crippen molar-refractivity contribution in [3.63, 3.8) is 0 Å². The largest absolute Gasteiger partial charge is 0.444 e. The molecule has 1 aliphatic heterocycles. The minimum absolute atomic E-state index is 0.0681. The van der Waals surface area contributed by atoms with Gasteiger partial charge in [0.15, 0.2) is 0 Å². The van der Waals surface area contributed by atoms with Gasteiger partial charge in [-0.25, -0.2) is 4.79 Å². The van der Waals surface area contributed by atoms with Crippen molar-refractivity contribution >= 4 is 12.0 Å². The van der Waals surface area contributed by atoms with Crippen LogP contribution in [0.3, 0.4) is 0 Å². The van der Waals surface area contributed by atoms with Crippen molar-refractivity contribution in [1.82, 2.24) is 9.80 Å². The van der Waals surface area contributed by atoms with Crippen LogP contribution in [-0.2, 0) is 21.9 Å². The smallest absolute Gasteiger partial charge is 0.416 e. The summed E-state index contributed by atoms with van der Waals surface area (Å²) < 4.78 is 86.2. The van der Waals surface area contributed by atoms with Crippen LogP contribution in [0.2, 0.25) is 0 Å². The minimum atomic E-state index is -5.00. The lowest BCUT2D eigenvalue weighted by atomic mass is 9.78. The van der Waals surface area contributed by atoms with Gasteiger partial charge in [0.2, 0.25) is 5.91 Å². The van der Waals surface area contributed by atoms with E-state index >= 15 is 0 Å². The molecule has 220 valence electrons. The molecule has 3 rings (SSSR count). The van der Waals surface area contributed by atoms with Crippen molar-refractivity contribution in [3.8, 4) is 0 Å². The van der Waals surface area contributed by atoms with Crippen LogP contribution in [-0.4, -0.2) is 47.5 Å². The number of hydrogen-bond acceptors (Lipinski definition) is 3. The Balaban J connectivity index is 1.95. The number of ether oxygens (including phenoxy) is 1. The maximum absolute atomic E-state index is 13.8. The third-order valence-electron chi connectivity index (χ3n) is 7.19. The fourth-order valence-corrected chi connectivity index (χ4v) is 4.95. The lowest BCUT2D eigenvalue weighted by Gasteiger charge is -2.41. The Morgan fingerprint density at radius 2 is 1.52 bits per heavy atom. The van der Waals surface area contributed by atoms with Crippen molar-refractivity contribution in [2.45, 2.75) is 71.0 Å². The van der Waals surface area contributed by atoms with E-state index in [9.17, 15) is 35.9 Å². The number of rotatable bonds is 4. The Hall–Kier alpha value is -3.24. The Labute approximate surface area is 230 Å². The lowest BCUT2D eigenvalue weighted by molar-refractivity contribution is -0.143. The molecule has 3 atom stereocenters. The van der Waals surface area contributed by atoms with E-state index in [2.05, 4.69) is 0 Å². The Kier molecular flexibility index (Phi) is 8.86. The van der Waals surface area contributed by atoms with Crippen LogP contribution >= 0.6 is 0 Å². The van der Waals surface area contributed by atoms with E-state index in [0.717, 1.165) is 11.1 Å². The molecule has 1 heterocycles. The quantitative estimate of drug-likeness (QED) is 0.355. The Bertz CT molecular complexity index is 1200. The molecular formula is C29H34F6N2O3. The topological polar surface area (TPSA) is 49.9 Å². The highest BCUT2D eigenvalue weighted by atomic mass is 19.4. The second-order valence-electron chi connectivity index (χ2n) is 11.2. The first kappa shape index (κ1) is 31.3. The molecule has 0 aromatic heterocycles. The summed E-state index contributed by atoms with van der Waals surface area (Å²) in [6.45, 7) is 8.87. The Morgan fingerprint density at radius 1 is 0.975 bits per heavy atom. The van der Waals surface area contributed by atoms with E-state index < -0.39 is 59.0 Å². The summed E-state index contributed by atoms with van der Waals surface area (Å²) in [5.74, 6) is -1.56. The predicted octanol–water partition coefficient (Wildman–Crippen LogP) is 7.59. The molecule has 0 radical (unpaired) electrons. The number of nitrogens with zero attached hydrogens (tertiary/aromatic N) is 2. The maximum Gasteiger partial charge on any atom is 0.416 e. The summed E-state index contributed by atoms with van der Waals surface area (Å²) in [6, 6.07) is 7.65. The van der Waals surface area contributed by atoms with Gasteiger partial charge in [-0.2, -0.15) is 26.3 Å². The fraction of sp³-hybridized carbons (Fsp3) is 0.517. The Morgan fingerprint density at radius 3 is 2.02 bits per heavy atom. The zero-order valence-electron chi connectivity index (χ0n) is 23.3. The average molecular weight is 573 g/mol. The van der Waals surface area contributed by atoms with Gasteiger partial charge in [-0.05, 0) is 75.9 Å². The molecule has 0 N–H and O–H groups in total. The number of carbonyl (C=O) groups excluding carboxylic acids is 2. The predicted molar refractivity (Wildman–Crippen MR) is 137 cm³/mol. The third kappa shape index (κ3) is 7.28. The van der Waals surface area contributed by atoms with Crippen LogP contribution in [0, 0.1) is 12.8 Å². The van der Waals surface area contributed by atoms with E-state index in [4.69, 9.17) is 4.74 Å². The molecule has 2 aromatic rings. The van der Waals surface area contributed by atoms with Crippen molar-refractivity contribution in [2.75, 3.05) is 20.1 Å². The molecule has 40 heavy (non-hydrogen) atoms. The number of hydrogen-bond donors (Lipinski definition) is 0. The SMILES string of the molecule is Cc1ccccc1[C@H]1CN(C(=O)OC(C)(C)C)CC[C@@H]1C(=O)N(C)[C@@H](C)c1cc(C(F)(F)F)cc(C(F)(F)F)c1. The van der Waals surface area contributed by atoms with Crippen LogP contribution < -0.4 is 0 Å². The van der Waals surface area contributed by atoms with Crippen LogP contribution in [0.1, 0.15) is 73.9 Å². The lowest BCUT2D eigenvalue weighted by Crippen LogP contribution is -2.49. The molecule has 0 unspecified atom stereocenters. The maximum atomic E-state index is 13.8. The van der Waals surface area contributed by atoms with Crippen molar-refractivity contribution < 1.29 is 40.7 Å². The van der Waals surface area contributed by atoms with Gasteiger partial charge in [-0.1, -0.05) is 24.3 Å². The third-order valence-corrected chi connectivity index (χ3v) is 7.19. The van der Waals surface area contributed by atoms with E-state index in [1.54, 1.807) is 20.8 Å². The first-order chi connectivity index (χ1) is 18.3. The molecule has 0 saturated carbocycles. The van der Waals surface area contributed by atoms with Gasteiger partial charge in [0.1, 0.15) is 5.60 Å². The zero-order chi connectivity index (χ0) is 30.2. The molecule has 1 aliphatic rings. The number of aryl methyl sites for hydroxylation is 1. The second-order valence-corrected chi connectivity index (χ2v) is 11.2. The normalized spacial score (nSPS) is 19.2. The number of alkyl halides is 6. The summed E-state index contributed by atoms with van der Waals surface area (Å²) in [7, 11) is 1.37. The van der Waals surface area contributed by atoms with Crippen molar-refractivity contribution in [3.05, 3.63) is 70.3 Å². The monoisotopic (exact) mass is 572 g/mol. The van der Waals surface area contributed by atoms with Gasteiger partial charge in [-0.15, -0.1) is 0 Å². The standard InChI is InChI=1S/C29H34F6N2O3/c1-17-9-7-8-10-22(17)24-16-37(26(39)40-27(3,4)5)12-11-23(24)25(38)36(6)18(2)19-13-20(28(30,31)32)15-21(14-19)29(33,34)35/h7-10,13-15,18,23-24H,11-12,16H2,1-6H3/t18-,23-,24+/m0/s1. The van der Waals surface area contributed by atoms with Crippen LogP contribution in [0.25, 0.3) is 0 Å².